The minimum Gasteiger partial charge on any atom is -0.325 e. The molecule has 0 unspecified atom stereocenters. The number of sulfonamides is 1. The first-order chi connectivity index (χ1) is 15.1. The highest BCUT2D eigenvalue weighted by molar-refractivity contribution is 9.10. The number of amides is 1. The molecule has 5 nitrogen and oxygen atoms in total. The lowest BCUT2D eigenvalue weighted by atomic mass is 10.1. The van der Waals surface area contributed by atoms with Crippen LogP contribution >= 0.6 is 39.1 Å². The van der Waals surface area contributed by atoms with E-state index in [2.05, 4.69) is 21.2 Å². The van der Waals surface area contributed by atoms with Gasteiger partial charge in [-0.3, -0.25) is 4.79 Å². The first-order valence-corrected chi connectivity index (χ1v) is 12.6. The van der Waals surface area contributed by atoms with Crippen LogP contribution in [-0.4, -0.2) is 25.2 Å². The molecule has 0 atom stereocenters. The molecule has 0 saturated heterocycles. The van der Waals surface area contributed by atoms with Gasteiger partial charge in [-0.15, -0.1) is 0 Å². The third-order valence-electron chi connectivity index (χ3n) is 4.99. The zero-order valence-electron chi connectivity index (χ0n) is 17.4. The lowest BCUT2D eigenvalue weighted by Crippen LogP contribution is -2.37. The normalized spacial score (nSPS) is 11.6. The minimum absolute atomic E-state index is 0.0461. The molecule has 1 amide bonds. The summed E-state index contributed by atoms with van der Waals surface area (Å²) in [6, 6.07) is 16.7. The van der Waals surface area contributed by atoms with Crippen LogP contribution in [0.5, 0.6) is 0 Å². The fourth-order valence-electron chi connectivity index (χ4n) is 3.06. The Bertz CT molecular complexity index is 1250. The highest BCUT2D eigenvalue weighted by atomic mass is 79.9. The summed E-state index contributed by atoms with van der Waals surface area (Å²) in [6.07, 6.45) is 0. The van der Waals surface area contributed by atoms with E-state index in [1.807, 2.05) is 26.0 Å². The van der Waals surface area contributed by atoms with Crippen molar-refractivity contribution in [1.29, 1.82) is 0 Å². The summed E-state index contributed by atoms with van der Waals surface area (Å²) in [6.45, 7) is 3.43. The van der Waals surface area contributed by atoms with Gasteiger partial charge in [0.1, 0.15) is 0 Å². The maximum atomic E-state index is 13.4. The monoisotopic (exact) mass is 554 g/mol. The molecule has 0 fully saturated rings. The molecule has 0 aliphatic heterocycles. The molecule has 32 heavy (non-hydrogen) atoms. The fraction of sp³-hybridized carbons (Fsp3) is 0.174. The van der Waals surface area contributed by atoms with E-state index in [-0.39, 0.29) is 18.0 Å². The van der Waals surface area contributed by atoms with E-state index in [0.29, 0.717) is 21.3 Å². The lowest BCUT2D eigenvalue weighted by molar-refractivity contribution is -0.116. The average Bonchev–Trinajstić information content (AvgIpc) is 2.74. The molecule has 3 aromatic carbocycles. The molecular weight excluding hydrogens is 535 g/mol. The van der Waals surface area contributed by atoms with Gasteiger partial charge in [0.25, 0.3) is 0 Å². The van der Waals surface area contributed by atoms with Crippen molar-refractivity contribution in [3.05, 3.63) is 91.9 Å². The highest BCUT2D eigenvalue weighted by Gasteiger charge is 2.27. The summed E-state index contributed by atoms with van der Waals surface area (Å²) in [5.41, 5.74) is 3.20. The van der Waals surface area contributed by atoms with E-state index in [1.54, 1.807) is 36.4 Å². The molecule has 1 N–H and O–H groups in total. The van der Waals surface area contributed by atoms with Gasteiger partial charge < -0.3 is 5.32 Å². The Balaban J connectivity index is 1.92. The molecule has 0 spiro atoms. The van der Waals surface area contributed by atoms with Crippen molar-refractivity contribution in [3.63, 3.8) is 0 Å². The van der Waals surface area contributed by atoms with Gasteiger partial charge in [0, 0.05) is 16.7 Å². The summed E-state index contributed by atoms with van der Waals surface area (Å²) in [7, 11) is -3.97. The first kappa shape index (κ1) is 24.7. The van der Waals surface area contributed by atoms with Gasteiger partial charge in [0.15, 0.2) is 0 Å². The summed E-state index contributed by atoms with van der Waals surface area (Å²) < 4.78 is 28.6. The maximum absolute atomic E-state index is 13.4. The van der Waals surface area contributed by atoms with Crippen LogP contribution in [0.25, 0.3) is 0 Å². The van der Waals surface area contributed by atoms with Crippen LogP contribution in [0.15, 0.2) is 70.0 Å². The molecule has 0 bridgehead atoms. The third-order valence-corrected chi connectivity index (χ3v) is 8.07. The van der Waals surface area contributed by atoms with Crippen molar-refractivity contribution >= 4 is 60.7 Å². The van der Waals surface area contributed by atoms with Crippen LogP contribution in [0.4, 0.5) is 5.69 Å². The van der Waals surface area contributed by atoms with Crippen molar-refractivity contribution in [3.8, 4) is 0 Å². The largest absolute Gasteiger partial charge is 0.325 e. The molecule has 0 heterocycles. The number of hydrogen-bond donors (Lipinski definition) is 1. The van der Waals surface area contributed by atoms with Crippen molar-refractivity contribution in [2.24, 2.45) is 0 Å². The van der Waals surface area contributed by atoms with Crippen LogP contribution < -0.4 is 5.32 Å². The van der Waals surface area contributed by atoms with Gasteiger partial charge in [-0.05, 0) is 73.0 Å². The van der Waals surface area contributed by atoms with Crippen LogP contribution in [0, 0.1) is 13.8 Å². The van der Waals surface area contributed by atoms with Crippen LogP contribution in [-0.2, 0) is 21.4 Å². The number of carbonyl (C=O) groups is 1. The molecule has 0 radical (unpaired) electrons. The van der Waals surface area contributed by atoms with Gasteiger partial charge >= 0.3 is 0 Å². The Morgan fingerprint density at radius 2 is 1.69 bits per heavy atom. The zero-order chi connectivity index (χ0) is 23.5. The van der Waals surface area contributed by atoms with E-state index in [1.165, 1.54) is 12.1 Å². The molecule has 3 rings (SSSR count). The number of carbonyl (C=O) groups excluding carboxylic acids is 1. The van der Waals surface area contributed by atoms with E-state index in [9.17, 15) is 13.2 Å². The quantitative estimate of drug-likeness (QED) is 0.377. The molecule has 0 aliphatic carbocycles. The second-order valence-corrected chi connectivity index (χ2v) is 10.9. The SMILES string of the molecule is Cc1cccc(NC(=O)CN(Cc2ccc(Cl)c(Cl)c2)S(=O)(=O)c2ccc(Br)cc2)c1C. The maximum Gasteiger partial charge on any atom is 0.243 e. The smallest absolute Gasteiger partial charge is 0.243 e. The minimum atomic E-state index is -3.97. The van der Waals surface area contributed by atoms with E-state index in [0.717, 1.165) is 19.9 Å². The number of halogens is 3. The Morgan fingerprint density at radius 3 is 2.34 bits per heavy atom. The van der Waals surface area contributed by atoms with Gasteiger partial charge in [-0.1, -0.05) is 57.3 Å². The highest BCUT2D eigenvalue weighted by Crippen LogP contribution is 2.26. The fourth-order valence-corrected chi connectivity index (χ4v) is 5.03. The van der Waals surface area contributed by atoms with Crippen molar-refractivity contribution < 1.29 is 13.2 Å². The third kappa shape index (κ3) is 5.91. The Kier molecular flexibility index (Phi) is 8.01. The van der Waals surface area contributed by atoms with E-state index >= 15 is 0 Å². The summed E-state index contributed by atoms with van der Waals surface area (Å²) >= 11 is 15.4. The number of nitrogens with one attached hydrogen (secondary N) is 1. The number of anilines is 1. The molecule has 0 aliphatic rings. The number of aryl methyl sites for hydroxylation is 1. The molecular formula is C23H21BrCl2N2O3S. The zero-order valence-corrected chi connectivity index (χ0v) is 21.3. The predicted molar refractivity (Wildman–Crippen MR) is 133 cm³/mol. The average molecular weight is 556 g/mol. The molecule has 9 heteroatoms. The number of nitrogens with zero attached hydrogens (tertiary/aromatic N) is 1. The molecule has 3 aromatic rings. The van der Waals surface area contributed by atoms with Crippen LogP contribution in [0.1, 0.15) is 16.7 Å². The van der Waals surface area contributed by atoms with Gasteiger partial charge in [-0.2, -0.15) is 4.31 Å². The number of benzene rings is 3. The standard InChI is InChI=1S/C23H21BrCl2N2O3S/c1-15-4-3-5-22(16(15)2)27-23(29)14-28(13-17-6-11-20(25)21(26)12-17)32(30,31)19-9-7-18(24)8-10-19/h3-12H,13-14H2,1-2H3,(H,27,29). The van der Waals surface area contributed by atoms with Crippen molar-refractivity contribution in [1.82, 2.24) is 4.31 Å². The van der Waals surface area contributed by atoms with Crippen molar-refractivity contribution in [2.45, 2.75) is 25.3 Å². The molecule has 0 saturated carbocycles. The second kappa shape index (κ2) is 10.4. The van der Waals surface area contributed by atoms with E-state index < -0.39 is 15.9 Å². The van der Waals surface area contributed by atoms with Gasteiger partial charge in [-0.25, -0.2) is 8.42 Å². The lowest BCUT2D eigenvalue weighted by Gasteiger charge is -2.22. The Morgan fingerprint density at radius 1 is 1.00 bits per heavy atom. The Labute approximate surface area is 206 Å². The summed E-state index contributed by atoms with van der Waals surface area (Å²) in [4.78, 5) is 12.9. The predicted octanol–water partition coefficient (Wildman–Crippen LogP) is 6.20. The molecule has 168 valence electrons. The van der Waals surface area contributed by atoms with E-state index in [4.69, 9.17) is 23.2 Å². The summed E-state index contributed by atoms with van der Waals surface area (Å²) in [5.74, 6) is -0.445. The topological polar surface area (TPSA) is 66.5 Å². The first-order valence-electron chi connectivity index (χ1n) is 9.63. The summed E-state index contributed by atoms with van der Waals surface area (Å²) in [5, 5.41) is 3.50. The van der Waals surface area contributed by atoms with Crippen LogP contribution in [0.3, 0.4) is 0 Å². The second-order valence-electron chi connectivity index (χ2n) is 7.27. The Hall–Kier alpha value is -1.90. The van der Waals surface area contributed by atoms with Gasteiger partial charge in [0.05, 0.1) is 21.5 Å². The van der Waals surface area contributed by atoms with Crippen molar-refractivity contribution in [2.75, 3.05) is 11.9 Å². The number of hydrogen-bond acceptors (Lipinski definition) is 3. The van der Waals surface area contributed by atoms with Crippen LogP contribution in [0.2, 0.25) is 10.0 Å². The molecule has 0 aromatic heterocycles. The van der Waals surface area contributed by atoms with Gasteiger partial charge in [0.2, 0.25) is 15.9 Å². The number of rotatable bonds is 7.